The van der Waals surface area contributed by atoms with Crippen LogP contribution in [0.15, 0.2) is 0 Å². The molecule has 0 aliphatic rings. The fraction of sp³-hybridized carbons (Fsp3) is 0.955. The predicted molar refractivity (Wildman–Crippen MR) is 120 cm³/mol. The molecule has 5 heteroatoms. The van der Waals surface area contributed by atoms with Crippen LogP contribution in [-0.4, -0.2) is 73.9 Å². The van der Waals surface area contributed by atoms with Crippen molar-refractivity contribution in [1.82, 2.24) is 9.80 Å². The van der Waals surface area contributed by atoms with Crippen molar-refractivity contribution in [2.45, 2.75) is 82.2 Å². The molecule has 0 aliphatic heterocycles. The highest BCUT2D eigenvalue weighted by atomic mass is 16.5. The van der Waals surface area contributed by atoms with Crippen LogP contribution in [0.25, 0.3) is 0 Å². The molecule has 0 saturated heterocycles. The van der Waals surface area contributed by atoms with Crippen molar-refractivity contribution < 1.29 is 14.6 Å². The lowest BCUT2D eigenvalue weighted by atomic mass is 9.93. The maximum absolute atomic E-state index is 12.6. The van der Waals surface area contributed by atoms with Gasteiger partial charge in [0, 0.05) is 24.5 Å². The molecule has 0 bridgehead atoms. The van der Waals surface area contributed by atoms with E-state index in [0.717, 1.165) is 0 Å². The number of hydrogen-bond acceptors (Lipinski definition) is 4. The van der Waals surface area contributed by atoms with Crippen LogP contribution in [-0.2, 0) is 9.53 Å². The molecule has 1 N–H and O–H groups in total. The molecule has 0 aromatic carbocycles. The second kappa shape index (κ2) is 21.6. The third kappa shape index (κ3) is 18.5. The van der Waals surface area contributed by atoms with Gasteiger partial charge in [0.05, 0.1) is 19.8 Å². The number of carbonyl (C=O) groups excluding carboxylic acids is 1. The van der Waals surface area contributed by atoms with Gasteiger partial charge in [-0.2, -0.15) is 0 Å². The third-order valence-corrected chi connectivity index (χ3v) is 3.51. The lowest BCUT2D eigenvalue weighted by molar-refractivity contribution is -0.141. The molecular formula is C22H52N2O3. The van der Waals surface area contributed by atoms with Gasteiger partial charge in [-0.05, 0) is 20.0 Å². The van der Waals surface area contributed by atoms with Crippen molar-refractivity contribution in [3.8, 4) is 0 Å². The Morgan fingerprint density at radius 2 is 1.41 bits per heavy atom. The summed E-state index contributed by atoms with van der Waals surface area (Å²) in [4.78, 5) is 16.7. The molecule has 168 valence electrons. The van der Waals surface area contributed by atoms with E-state index in [2.05, 4.69) is 18.7 Å². The molecule has 27 heavy (non-hydrogen) atoms. The first-order valence-electron chi connectivity index (χ1n) is 10.8. The lowest BCUT2D eigenvalue weighted by Crippen LogP contribution is -2.49. The Morgan fingerprint density at radius 1 is 0.963 bits per heavy atom. The molecule has 1 amide bonds. The highest BCUT2D eigenvalue weighted by Gasteiger charge is 2.30. The fourth-order valence-electron chi connectivity index (χ4n) is 2.29. The van der Waals surface area contributed by atoms with Crippen LogP contribution < -0.4 is 0 Å². The van der Waals surface area contributed by atoms with Gasteiger partial charge in [0.15, 0.2) is 0 Å². The molecule has 0 aliphatic carbocycles. The van der Waals surface area contributed by atoms with E-state index in [-0.39, 0.29) is 12.5 Å². The second-order valence-corrected chi connectivity index (χ2v) is 7.11. The summed E-state index contributed by atoms with van der Waals surface area (Å²) in [6.07, 6.45) is 0. The second-order valence-electron chi connectivity index (χ2n) is 7.11. The number of hydrogen-bond donors (Lipinski definition) is 1. The molecule has 0 aromatic heterocycles. The summed E-state index contributed by atoms with van der Waals surface area (Å²) >= 11 is 0. The van der Waals surface area contributed by atoms with Gasteiger partial charge in [-0.15, -0.1) is 0 Å². The molecule has 0 rings (SSSR count). The highest BCUT2D eigenvalue weighted by Crippen LogP contribution is 2.19. The first-order valence-corrected chi connectivity index (χ1v) is 10.8. The molecule has 1 atom stereocenters. The van der Waals surface area contributed by atoms with Crippen LogP contribution in [0.3, 0.4) is 0 Å². The maximum atomic E-state index is 12.6. The Bertz CT molecular complexity index is 292. The number of amides is 1. The minimum absolute atomic E-state index is 0.0134. The Balaban J connectivity index is -0.000000397. The van der Waals surface area contributed by atoms with Gasteiger partial charge in [-0.25, -0.2) is 0 Å². The minimum Gasteiger partial charge on any atom is -0.394 e. The summed E-state index contributed by atoms with van der Waals surface area (Å²) in [6, 6.07) is 0.314. The number of aliphatic hydroxyl groups excluding tert-OH is 1. The zero-order valence-electron chi connectivity index (χ0n) is 20.8. The first kappa shape index (κ1) is 33.9. The topological polar surface area (TPSA) is 53.0 Å². The number of aliphatic hydroxyl groups is 1. The Morgan fingerprint density at radius 3 is 1.70 bits per heavy atom. The van der Waals surface area contributed by atoms with Crippen molar-refractivity contribution in [2.75, 3.05) is 47.0 Å². The SMILES string of the molecule is CC.CC.CC.CC(C)C(CN(CCOCCO)C(=O)C(C)(C)C)N(C)C. The van der Waals surface area contributed by atoms with Crippen LogP contribution in [0.1, 0.15) is 76.2 Å². The van der Waals surface area contributed by atoms with Gasteiger partial charge in [0.1, 0.15) is 0 Å². The van der Waals surface area contributed by atoms with Crippen molar-refractivity contribution in [3.63, 3.8) is 0 Å². The third-order valence-electron chi connectivity index (χ3n) is 3.51. The summed E-state index contributed by atoms with van der Waals surface area (Å²) in [7, 11) is 4.10. The van der Waals surface area contributed by atoms with Gasteiger partial charge >= 0.3 is 0 Å². The van der Waals surface area contributed by atoms with E-state index in [1.54, 1.807) is 0 Å². The van der Waals surface area contributed by atoms with E-state index in [4.69, 9.17) is 9.84 Å². The Kier molecular flexibility index (Phi) is 27.2. The normalized spacial score (nSPS) is 11.4. The summed E-state index contributed by atoms with van der Waals surface area (Å²) in [5, 5.41) is 8.75. The zero-order chi connectivity index (χ0) is 22.6. The summed E-state index contributed by atoms with van der Waals surface area (Å²) < 4.78 is 5.32. The Hall–Kier alpha value is -0.650. The smallest absolute Gasteiger partial charge is 0.228 e. The van der Waals surface area contributed by atoms with Crippen LogP contribution >= 0.6 is 0 Å². The molecule has 0 saturated carbocycles. The van der Waals surface area contributed by atoms with E-state index in [1.165, 1.54) is 0 Å². The maximum Gasteiger partial charge on any atom is 0.228 e. The van der Waals surface area contributed by atoms with Gasteiger partial charge in [0.25, 0.3) is 0 Å². The fourth-order valence-corrected chi connectivity index (χ4v) is 2.29. The average Bonchev–Trinajstić information content (AvgIpc) is 2.64. The number of ether oxygens (including phenoxy) is 1. The minimum atomic E-state index is -0.398. The summed E-state index contributed by atoms with van der Waals surface area (Å²) in [5.74, 6) is 0.608. The van der Waals surface area contributed by atoms with E-state index < -0.39 is 5.41 Å². The van der Waals surface area contributed by atoms with Gasteiger partial charge in [0.2, 0.25) is 5.91 Å². The summed E-state index contributed by atoms with van der Waals surface area (Å²) in [6.45, 7) is 24.2. The van der Waals surface area contributed by atoms with Crippen LogP contribution in [0.5, 0.6) is 0 Å². The quantitative estimate of drug-likeness (QED) is 0.586. The van der Waals surface area contributed by atoms with Crippen molar-refractivity contribution in [1.29, 1.82) is 0 Å². The van der Waals surface area contributed by atoms with E-state index in [9.17, 15) is 4.79 Å². The lowest BCUT2D eigenvalue weighted by Gasteiger charge is -2.36. The summed E-state index contributed by atoms with van der Waals surface area (Å²) in [5.41, 5.74) is -0.398. The molecule has 0 fully saturated rings. The van der Waals surface area contributed by atoms with Gasteiger partial charge < -0.3 is 19.6 Å². The van der Waals surface area contributed by atoms with Crippen LogP contribution in [0.2, 0.25) is 0 Å². The molecule has 0 spiro atoms. The van der Waals surface area contributed by atoms with E-state index in [0.29, 0.717) is 38.3 Å². The molecule has 0 aromatic rings. The van der Waals surface area contributed by atoms with Crippen LogP contribution in [0.4, 0.5) is 0 Å². The van der Waals surface area contributed by atoms with Crippen molar-refractivity contribution >= 4 is 5.91 Å². The molecule has 0 radical (unpaired) electrons. The molecule has 1 unspecified atom stereocenters. The van der Waals surface area contributed by atoms with Crippen molar-refractivity contribution in [2.24, 2.45) is 11.3 Å². The molecular weight excluding hydrogens is 340 g/mol. The number of rotatable bonds is 9. The average molecular weight is 393 g/mol. The number of likely N-dealkylation sites (N-methyl/N-ethyl adjacent to an activating group) is 1. The van der Waals surface area contributed by atoms with E-state index in [1.807, 2.05) is 81.3 Å². The highest BCUT2D eigenvalue weighted by molar-refractivity contribution is 5.81. The Labute approximate surface area is 171 Å². The number of nitrogens with zero attached hydrogens (tertiary/aromatic N) is 2. The first-order chi connectivity index (χ1) is 12.6. The van der Waals surface area contributed by atoms with Gasteiger partial charge in [-0.1, -0.05) is 76.2 Å². The monoisotopic (exact) mass is 392 g/mol. The largest absolute Gasteiger partial charge is 0.394 e. The van der Waals surface area contributed by atoms with Crippen LogP contribution in [0, 0.1) is 11.3 Å². The standard InChI is InChI=1S/C16H34N2O3.3C2H6/c1-13(2)14(17(6)7)12-18(8-10-21-11-9-19)15(20)16(3,4)5;3*1-2/h13-14,19H,8-12H2,1-7H3;3*1-2H3. The van der Waals surface area contributed by atoms with Gasteiger partial charge in [-0.3, -0.25) is 4.79 Å². The predicted octanol–water partition coefficient (Wildman–Crippen LogP) is 4.53. The van der Waals surface area contributed by atoms with E-state index >= 15 is 0 Å². The molecule has 0 heterocycles. The molecule has 5 nitrogen and oxygen atoms in total. The van der Waals surface area contributed by atoms with Crippen molar-refractivity contribution in [3.05, 3.63) is 0 Å². The zero-order valence-corrected chi connectivity index (χ0v) is 20.8. The number of carbonyl (C=O) groups is 1.